The molecule has 0 radical (unpaired) electrons. The Labute approximate surface area is 306 Å². The Morgan fingerprint density at radius 1 is 0.900 bits per heavy atom. The smallest absolute Gasteiger partial charge is 0.245 e. The second-order valence-corrected chi connectivity index (χ2v) is 14.2. The molecule has 50 heavy (non-hydrogen) atoms. The van der Waals surface area contributed by atoms with Crippen molar-refractivity contribution in [3.63, 3.8) is 0 Å². The topological polar surface area (TPSA) is 171 Å². The number of amides is 3. The monoisotopic (exact) mass is 738 g/mol. The Hall–Kier alpha value is -3.65. The molecule has 2 aromatic heterocycles. The third-order valence-corrected chi connectivity index (χ3v) is 11.0. The standard InChI is InChI=1S/C36H44Cl2N8O3S/c1-46-31(18-23-20-42-28-10-3-2-9-24(23)28)34(48)44-21-25-26(37)13-14-27(38)32(25)50-35-22(8-7-17-41-35)19-43-29(12-6-16-40)33(47)45-30(36(46)49)11-4-5-15-39/h2-3,7-10,13-14,17,20,29-31,42-43H,4-6,11-12,15-16,18-19,21,39-40H2,1H3,(H,44,48)(H,45,47). The summed E-state index contributed by atoms with van der Waals surface area (Å²) < 4.78 is 0. The molecule has 0 fully saturated rings. The first-order chi connectivity index (χ1) is 24.2. The third-order valence-electron chi connectivity index (χ3n) is 8.96. The number of halogens is 2. The number of nitrogens with two attached hydrogens (primary N) is 2. The maximum atomic E-state index is 14.4. The predicted octanol–water partition coefficient (Wildman–Crippen LogP) is 4.53. The molecule has 2 aromatic carbocycles. The van der Waals surface area contributed by atoms with Gasteiger partial charge in [0, 0.05) is 65.3 Å². The van der Waals surface area contributed by atoms with Crippen molar-refractivity contribution < 1.29 is 14.4 Å². The molecular formula is C36H44Cl2N8O3S. The van der Waals surface area contributed by atoms with Crippen LogP contribution in [0.4, 0.5) is 0 Å². The summed E-state index contributed by atoms with van der Waals surface area (Å²) in [7, 11) is 1.61. The number of aromatic amines is 1. The Bertz CT molecular complexity index is 1800. The molecule has 1 aliphatic heterocycles. The summed E-state index contributed by atoms with van der Waals surface area (Å²) in [6.45, 7) is 1.24. The van der Waals surface area contributed by atoms with E-state index in [0.29, 0.717) is 77.3 Å². The molecule has 3 atom stereocenters. The van der Waals surface area contributed by atoms with Crippen molar-refractivity contribution in [2.45, 2.75) is 79.7 Å². The molecule has 3 heterocycles. The SMILES string of the molecule is CN1C(=O)C(CCCCN)NC(=O)C(CCCN)NCc2cccnc2Sc2c(Cl)ccc(Cl)c2CNC(=O)C1Cc1c[nH]c2ccccc12. The van der Waals surface area contributed by atoms with E-state index in [2.05, 4.69) is 25.9 Å². The van der Waals surface area contributed by atoms with Gasteiger partial charge in [-0.1, -0.05) is 59.2 Å². The number of benzene rings is 2. The van der Waals surface area contributed by atoms with Crippen LogP contribution in [0.15, 0.2) is 70.8 Å². The summed E-state index contributed by atoms with van der Waals surface area (Å²) in [5, 5.41) is 12.0. The third kappa shape index (κ3) is 9.17. The summed E-state index contributed by atoms with van der Waals surface area (Å²) in [6.07, 6.45) is 6.50. The zero-order valence-corrected chi connectivity index (χ0v) is 30.3. The van der Waals surface area contributed by atoms with Gasteiger partial charge in [-0.15, -0.1) is 0 Å². The van der Waals surface area contributed by atoms with Gasteiger partial charge in [0.2, 0.25) is 17.7 Å². The first-order valence-corrected chi connectivity index (χ1v) is 18.4. The zero-order chi connectivity index (χ0) is 35.6. The lowest BCUT2D eigenvalue weighted by Gasteiger charge is -2.32. The van der Waals surface area contributed by atoms with E-state index >= 15 is 0 Å². The number of nitrogens with zero attached hydrogens (tertiary/aromatic N) is 2. The van der Waals surface area contributed by atoms with Crippen molar-refractivity contribution in [2.24, 2.45) is 11.5 Å². The summed E-state index contributed by atoms with van der Waals surface area (Å²) in [6, 6.07) is 12.5. The molecule has 11 nitrogen and oxygen atoms in total. The number of fused-ring (bicyclic) bond motifs is 3. The number of likely N-dealkylation sites (N-methyl/N-ethyl adjacent to an activating group) is 1. The number of H-pyrrole nitrogens is 1. The predicted molar refractivity (Wildman–Crippen MR) is 199 cm³/mol. The number of rotatable bonds is 9. The van der Waals surface area contributed by atoms with Gasteiger partial charge in [0.25, 0.3) is 0 Å². The van der Waals surface area contributed by atoms with Gasteiger partial charge in [0.1, 0.15) is 17.1 Å². The normalized spacial score (nSPS) is 19.4. The minimum absolute atomic E-state index is 0.0607. The second-order valence-electron chi connectivity index (χ2n) is 12.4. The number of aromatic nitrogens is 2. The van der Waals surface area contributed by atoms with Crippen molar-refractivity contribution in [2.75, 3.05) is 20.1 Å². The first-order valence-electron chi connectivity index (χ1n) is 16.8. The summed E-state index contributed by atoms with van der Waals surface area (Å²) >= 11 is 14.9. The lowest BCUT2D eigenvalue weighted by molar-refractivity contribution is -0.142. The van der Waals surface area contributed by atoms with E-state index in [9.17, 15) is 14.4 Å². The highest BCUT2D eigenvalue weighted by atomic mass is 35.5. The average Bonchev–Trinajstić information content (AvgIpc) is 3.53. The van der Waals surface area contributed by atoms with Gasteiger partial charge in [-0.05, 0) is 80.6 Å². The zero-order valence-electron chi connectivity index (χ0n) is 28.0. The fourth-order valence-electron chi connectivity index (χ4n) is 6.11. The van der Waals surface area contributed by atoms with Gasteiger partial charge in [0.15, 0.2) is 0 Å². The molecule has 8 N–H and O–H groups in total. The number of carbonyl (C=O) groups excluding carboxylic acids is 3. The van der Waals surface area contributed by atoms with Crippen LogP contribution in [0.3, 0.4) is 0 Å². The van der Waals surface area contributed by atoms with E-state index in [-0.39, 0.29) is 30.7 Å². The molecule has 0 saturated carbocycles. The molecule has 4 aromatic rings. The maximum absolute atomic E-state index is 14.4. The molecule has 5 rings (SSSR count). The highest BCUT2D eigenvalue weighted by molar-refractivity contribution is 7.99. The molecule has 1 aliphatic rings. The van der Waals surface area contributed by atoms with Gasteiger partial charge < -0.3 is 37.3 Å². The van der Waals surface area contributed by atoms with E-state index in [0.717, 1.165) is 22.0 Å². The van der Waals surface area contributed by atoms with Crippen molar-refractivity contribution in [1.82, 2.24) is 30.8 Å². The van der Waals surface area contributed by atoms with Crippen LogP contribution in [0.1, 0.15) is 48.8 Å². The number of para-hydroxylation sites is 1. The summed E-state index contributed by atoms with van der Waals surface area (Å²) in [4.78, 5) is 52.5. The van der Waals surface area contributed by atoms with Crippen molar-refractivity contribution in [3.8, 4) is 0 Å². The van der Waals surface area contributed by atoms with Gasteiger partial charge in [0.05, 0.1) is 11.1 Å². The van der Waals surface area contributed by atoms with E-state index in [1.54, 1.807) is 25.4 Å². The fourth-order valence-corrected chi connectivity index (χ4v) is 7.73. The number of hydrogen-bond acceptors (Lipinski definition) is 8. The van der Waals surface area contributed by atoms with Gasteiger partial charge in [-0.25, -0.2) is 4.98 Å². The van der Waals surface area contributed by atoms with E-state index in [1.165, 1.54) is 16.7 Å². The molecule has 0 saturated heterocycles. The number of pyridine rings is 1. The van der Waals surface area contributed by atoms with Crippen molar-refractivity contribution in [1.29, 1.82) is 0 Å². The van der Waals surface area contributed by atoms with Crippen LogP contribution < -0.4 is 27.4 Å². The van der Waals surface area contributed by atoms with E-state index in [1.807, 2.05) is 42.6 Å². The molecule has 14 heteroatoms. The molecule has 0 aliphatic carbocycles. The molecule has 0 bridgehead atoms. The molecular weight excluding hydrogens is 695 g/mol. The highest BCUT2D eigenvalue weighted by Crippen LogP contribution is 2.39. The first kappa shape index (κ1) is 37.6. The van der Waals surface area contributed by atoms with Crippen molar-refractivity contribution >= 4 is 63.6 Å². The Balaban J connectivity index is 1.58. The summed E-state index contributed by atoms with van der Waals surface area (Å²) in [5.41, 5.74) is 14.9. The van der Waals surface area contributed by atoms with Crippen LogP contribution in [-0.2, 0) is 33.9 Å². The number of unbranched alkanes of at least 4 members (excludes halogenated alkanes) is 1. The van der Waals surface area contributed by atoms with Crippen molar-refractivity contribution in [3.05, 3.63) is 87.7 Å². The molecule has 3 unspecified atom stereocenters. The molecule has 266 valence electrons. The summed E-state index contributed by atoms with van der Waals surface area (Å²) in [5.74, 6) is -1.07. The minimum atomic E-state index is -0.922. The van der Waals surface area contributed by atoms with E-state index < -0.39 is 18.1 Å². The van der Waals surface area contributed by atoms with Gasteiger partial charge >= 0.3 is 0 Å². The fraction of sp³-hybridized carbons (Fsp3) is 0.389. The number of nitrogens with one attached hydrogen (secondary N) is 4. The number of hydrogen-bond donors (Lipinski definition) is 6. The van der Waals surface area contributed by atoms with Crippen LogP contribution in [0.2, 0.25) is 10.0 Å². The second kappa shape index (κ2) is 18.0. The van der Waals surface area contributed by atoms with Crippen LogP contribution in [0.5, 0.6) is 0 Å². The minimum Gasteiger partial charge on any atom is -0.361 e. The highest BCUT2D eigenvalue weighted by Gasteiger charge is 2.34. The van der Waals surface area contributed by atoms with Gasteiger partial charge in [-0.2, -0.15) is 0 Å². The van der Waals surface area contributed by atoms with Crippen LogP contribution in [0, 0.1) is 0 Å². The lowest BCUT2D eigenvalue weighted by Crippen LogP contribution is -2.57. The molecule has 0 spiro atoms. The van der Waals surface area contributed by atoms with Gasteiger partial charge in [-0.3, -0.25) is 14.4 Å². The Morgan fingerprint density at radius 3 is 2.46 bits per heavy atom. The van der Waals surface area contributed by atoms with Crippen LogP contribution in [-0.4, -0.2) is 70.9 Å². The Kier molecular flexibility index (Phi) is 13.6. The Morgan fingerprint density at radius 2 is 1.66 bits per heavy atom. The lowest BCUT2D eigenvalue weighted by atomic mass is 10.0. The number of carbonyl (C=O) groups is 3. The van der Waals surface area contributed by atoms with Crippen LogP contribution in [0.25, 0.3) is 10.9 Å². The average molecular weight is 740 g/mol. The van der Waals surface area contributed by atoms with Crippen LogP contribution >= 0.6 is 35.0 Å². The maximum Gasteiger partial charge on any atom is 0.245 e. The quantitative estimate of drug-likeness (QED) is 0.136. The largest absolute Gasteiger partial charge is 0.361 e. The van der Waals surface area contributed by atoms with E-state index in [4.69, 9.17) is 34.7 Å². The molecule has 3 amide bonds.